The Morgan fingerprint density at radius 2 is 1.90 bits per heavy atom. The topological polar surface area (TPSA) is 73.9 Å². The largest absolute Gasteiger partial charge is 0.374 e. The number of morpholine rings is 1. The molecule has 1 aromatic rings. The molecule has 0 aromatic heterocycles. The van der Waals surface area contributed by atoms with Crippen molar-refractivity contribution >= 4 is 17.5 Å². The third-order valence-electron chi connectivity index (χ3n) is 4.78. The van der Waals surface area contributed by atoms with Crippen molar-refractivity contribution in [2.24, 2.45) is 5.92 Å². The number of hydrogen-bond donors (Lipinski definition) is 2. The first kappa shape index (κ1) is 24.2. The van der Waals surface area contributed by atoms with Gasteiger partial charge in [-0.2, -0.15) is 0 Å². The van der Waals surface area contributed by atoms with Crippen molar-refractivity contribution < 1.29 is 23.1 Å². The molecule has 168 valence electrons. The second kappa shape index (κ2) is 11.9. The molecule has 0 bridgehead atoms. The van der Waals surface area contributed by atoms with E-state index in [9.17, 15) is 18.4 Å². The lowest BCUT2D eigenvalue weighted by Gasteiger charge is -2.34. The summed E-state index contributed by atoms with van der Waals surface area (Å²) in [5.41, 5.74) is -0.483. The van der Waals surface area contributed by atoms with Gasteiger partial charge in [0.25, 0.3) is 0 Å². The number of benzene rings is 1. The molecule has 1 atom stereocenters. The lowest BCUT2D eigenvalue weighted by Crippen LogP contribution is -2.49. The van der Waals surface area contributed by atoms with Crippen molar-refractivity contribution in [2.45, 2.75) is 26.9 Å². The van der Waals surface area contributed by atoms with Crippen molar-refractivity contribution in [3.05, 3.63) is 29.8 Å². The Bertz CT molecular complexity index is 697. The van der Waals surface area contributed by atoms with E-state index in [-0.39, 0.29) is 25.1 Å². The number of carbonyl (C=O) groups is 2. The number of halogens is 2. The van der Waals surface area contributed by atoms with Crippen LogP contribution >= 0.6 is 0 Å². The predicted molar refractivity (Wildman–Crippen MR) is 111 cm³/mol. The number of nitrogens with one attached hydrogen (secondary N) is 2. The second-order valence-corrected chi connectivity index (χ2v) is 7.90. The van der Waals surface area contributed by atoms with E-state index in [1.54, 1.807) is 11.8 Å². The molecule has 1 aliphatic rings. The van der Waals surface area contributed by atoms with Crippen LogP contribution in [-0.2, 0) is 14.3 Å². The number of rotatable bonds is 10. The molecular formula is C21H32F2N4O3. The number of amides is 2. The first-order valence-electron chi connectivity index (χ1n) is 10.3. The SMILES string of the molecule is CCN(CC(=O)NCC1CN(CC(C)C)CCO1)CC(=O)Nc1c(F)cccc1F. The van der Waals surface area contributed by atoms with Crippen molar-refractivity contribution in [1.29, 1.82) is 0 Å². The van der Waals surface area contributed by atoms with Crippen LogP contribution in [0.5, 0.6) is 0 Å². The molecule has 0 aliphatic carbocycles. The zero-order valence-electron chi connectivity index (χ0n) is 17.9. The van der Waals surface area contributed by atoms with Gasteiger partial charge >= 0.3 is 0 Å². The lowest BCUT2D eigenvalue weighted by molar-refractivity contribution is -0.124. The fraction of sp³-hybridized carbons (Fsp3) is 0.619. The van der Waals surface area contributed by atoms with Crippen LogP contribution < -0.4 is 10.6 Å². The van der Waals surface area contributed by atoms with Gasteiger partial charge in [0.15, 0.2) is 0 Å². The van der Waals surface area contributed by atoms with Crippen LogP contribution in [0.2, 0.25) is 0 Å². The van der Waals surface area contributed by atoms with Crippen LogP contribution in [0.1, 0.15) is 20.8 Å². The summed E-state index contributed by atoms with van der Waals surface area (Å²) in [7, 11) is 0. The smallest absolute Gasteiger partial charge is 0.238 e. The number of likely N-dealkylation sites (N-methyl/N-ethyl adjacent to an activating group) is 1. The Morgan fingerprint density at radius 1 is 1.23 bits per heavy atom. The number of hydrogen-bond acceptors (Lipinski definition) is 5. The highest BCUT2D eigenvalue weighted by Gasteiger charge is 2.22. The number of anilines is 1. The number of para-hydroxylation sites is 1. The zero-order chi connectivity index (χ0) is 22.1. The van der Waals surface area contributed by atoms with E-state index in [2.05, 4.69) is 29.4 Å². The molecule has 0 saturated carbocycles. The van der Waals surface area contributed by atoms with E-state index in [1.807, 2.05) is 0 Å². The Kier molecular flexibility index (Phi) is 9.61. The van der Waals surface area contributed by atoms with Gasteiger partial charge in [-0.1, -0.05) is 26.8 Å². The first-order valence-corrected chi connectivity index (χ1v) is 10.3. The summed E-state index contributed by atoms with van der Waals surface area (Å²) in [5, 5.41) is 5.08. The Balaban J connectivity index is 1.76. The van der Waals surface area contributed by atoms with E-state index in [1.165, 1.54) is 6.07 Å². The quantitative estimate of drug-likeness (QED) is 0.596. The Morgan fingerprint density at radius 3 is 2.53 bits per heavy atom. The first-order chi connectivity index (χ1) is 14.3. The molecule has 7 nitrogen and oxygen atoms in total. The van der Waals surface area contributed by atoms with Crippen LogP contribution in [0.15, 0.2) is 18.2 Å². The monoisotopic (exact) mass is 426 g/mol. The van der Waals surface area contributed by atoms with Crippen LogP contribution in [-0.4, -0.2) is 80.1 Å². The summed E-state index contributed by atoms with van der Waals surface area (Å²) < 4.78 is 33.1. The molecule has 9 heteroatoms. The highest BCUT2D eigenvalue weighted by molar-refractivity contribution is 5.92. The van der Waals surface area contributed by atoms with Gasteiger partial charge in [-0.25, -0.2) is 8.78 Å². The normalized spacial score (nSPS) is 17.4. The fourth-order valence-electron chi connectivity index (χ4n) is 3.35. The highest BCUT2D eigenvalue weighted by Crippen LogP contribution is 2.17. The van der Waals surface area contributed by atoms with Gasteiger partial charge in [-0.15, -0.1) is 0 Å². The number of ether oxygens (including phenoxy) is 1. The van der Waals surface area contributed by atoms with Crippen LogP contribution in [0.25, 0.3) is 0 Å². The second-order valence-electron chi connectivity index (χ2n) is 7.90. The molecule has 0 radical (unpaired) electrons. The molecular weight excluding hydrogens is 394 g/mol. The molecule has 1 aromatic carbocycles. The minimum absolute atomic E-state index is 0.00605. The van der Waals surface area contributed by atoms with Crippen molar-refractivity contribution in [2.75, 3.05) is 57.7 Å². The van der Waals surface area contributed by atoms with Gasteiger partial charge < -0.3 is 15.4 Å². The molecule has 1 unspecified atom stereocenters. The Hall–Kier alpha value is -2.10. The van der Waals surface area contributed by atoms with E-state index in [0.717, 1.165) is 31.8 Å². The van der Waals surface area contributed by atoms with Crippen LogP contribution in [0.3, 0.4) is 0 Å². The lowest BCUT2D eigenvalue weighted by atomic mass is 10.2. The van der Waals surface area contributed by atoms with Gasteiger partial charge in [-0.05, 0) is 24.6 Å². The molecule has 2 N–H and O–H groups in total. The third-order valence-corrected chi connectivity index (χ3v) is 4.78. The molecule has 30 heavy (non-hydrogen) atoms. The summed E-state index contributed by atoms with van der Waals surface area (Å²) in [6, 6.07) is 3.36. The minimum atomic E-state index is -0.844. The molecule has 1 fully saturated rings. The maximum Gasteiger partial charge on any atom is 0.238 e. The van der Waals surface area contributed by atoms with E-state index in [4.69, 9.17) is 4.74 Å². The Labute approximate surface area is 176 Å². The standard InChI is InChI=1S/C21H32F2N4O3/c1-4-26(14-20(29)25-21-17(22)6-5-7-18(21)23)13-19(28)24-10-16-12-27(8-9-30-16)11-15(2)3/h5-7,15-16H,4,8-14H2,1-3H3,(H,24,28)(H,25,29). The van der Waals surface area contributed by atoms with E-state index in [0.29, 0.717) is 25.6 Å². The molecule has 2 amide bonds. The van der Waals surface area contributed by atoms with Crippen molar-refractivity contribution in [3.8, 4) is 0 Å². The van der Waals surface area contributed by atoms with E-state index >= 15 is 0 Å². The minimum Gasteiger partial charge on any atom is -0.374 e. The number of nitrogens with zero attached hydrogens (tertiary/aromatic N) is 2. The van der Waals surface area contributed by atoms with Crippen molar-refractivity contribution in [1.82, 2.24) is 15.1 Å². The molecule has 1 aliphatic heterocycles. The molecule has 1 heterocycles. The van der Waals surface area contributed by atoms with E-state index < -0.39 is 23.2 Å². The summed E-state index contributed by atoms with van der Waals surface area (Å²) >= 11 is 0. The van der Waals surface area contributed by atoms with Gasteiger partial charge in [0.2, 0.25) is 11.8 Å². The summed E-state index contributed by atoms with van der Waals surface area (Å²) in [4.78, 5) is 28.4. The number of carbonyl (C=O) groups excluding carboxylic acids is 2. The van der Waals surface area contributed by atoms with Gasteiger partial charge in [0, 0.05) is 26.2 Å². The molecule has 2 rings (SSSR count). The van der Waals surface area contributed by atoms with Gasteiger partial charge in [0.1, 0.15) is 17.3 Å². The summed E-state index contributed by atoms with van der Waals surface area (Å²) in [6.45, 7) is 10.1. The molecule has 1 saturated heterocycles. The third kappa shape index (κ3) is 7.97. The van der Waals surface area contributed by atoms with Crippen LogP contribution in [0.4, 0.5) is 14.5 Å². The highest BCUT2D eigenvalue weighted by atomic mass is 19.1. The van der Waals surface area contributed by atoms with Gasteiger partial charge in [0.05, 0.1) is 25.8 Å². The van der Waals surface area contributed by atoms with Gasteiger partial charge in [-0.3, -0.25) is 19.4 Å². The maximum absolute atomic E-state index is 13.7. The average molecular weight is 427 g/mol. The summed E-state index contributed by atoms with van der Waals surface area (Å²) in [6.07, 6.45) is -0.0659. The zero-order valence-corrected chi connectivity index (χ0v) is 17.9. The molecule has 0 spiro atoms. The fourth-order valence-corrected chi connectivity index (χ4v) is 3.35. The van der Waals surface area contributed by atoms with Crippen molar-refractivity contribution in [3.63, 3.8) is 0 Å². The average Bonchev–Trinajstić information content (AvgIpc) is 2.68. The van der Waals surface area contributed by atoms with Crippen LogP contribution in [0, 0.1) is 17.6 Å². The summed E-state index contributed by atoms with van der Waals surface area (Å²) in [5.74, 6) is -1.94. The predicted octanol–water partition coefficient (Wildman–Crippen LogP) is 1.70. The maximum atomic E-state index is 13.7.